The van der Waals surface area contributed by atoms with Crippen LogP contribution in [-0.4, -0.2) is 5.60 Å². The summed E-state index contributed by atoms with van der Waals surface area (Å²) in [5, 5.41) is 0. The van der Waals surface area contributed by atoms with Crippen LogP contribution in [0.15, 0.2) is 200 Å². The molecule has 3 nitrogen and oxygen atoms in total. The van der Waals surface area contributed by atoms with Gasteiger partial charge in [0, 0.05) is 28.1 Å². The van der Waals surface area contributed by atoms with Crippen LogP contribution < -0.4 is 14.4 Å². The van der Waals surface area contributed by atoms with Crippen LogP contribution in [0.4, 0.5) is 17.1 Å². The lowest BCUT2D eigenvalue weighted by molar-refractivity contribution is 0.155. The third-order valence-corrected chi connectivity index (χ3v) is 22.0. The molecule has 426 valence electrons. The number of hydrogen-bond acceptors (Lipinski definition) is 3. The first kappa shape index (κ1) is 52.2. The SMILES string of the molecule is CC(C)(C)c1ccc2c(c1)C1(c3ccccc3-c3ccc(N(c4ccc5c(c4)C4(c6ccccc6O5)c5cc(C6CCCCC6)ccc5-c5ccc(C6CCCCC6)cc54)c4cccc5c4C4C=CC=CC4(C)O5)cc31)c1cc(C(C)(C)C)ccc1-2. The molecule has 0 N–H and O–H groups in total. The van der Waals surface area contributed by atoms with Gasteiger partial charge in [0.1, 0.15) is 22.8 Å². The van der Waals surface area contributed by atoms with Crippen molar-refractivity contribution < 1.29 is 9.47 Å². The number of fused-ring (bicyclic) bond motifs is 22. The van der Waals surface area contributed by atoms with E-state index in [1.807, 2.05) is 0 Å². The van der Waals surface area contributed by atoms with E-state index in [0.717, 1.165) is 34.3 Å². The zero-order valence-electron chi connectivity index (χ0n) is 51.1. The van der Waals surface area contributed by atoms with Gasteiger partial charge >= 0.3 is 0 Å². The number of benzene rings is 9. The number of anilines is 3. The Labute approximate surface area is 509 Å². The first-order valence-electron chi connectivity index (χ1n) is 32.5. The van der Waals surface area contributed by atoms with Crippen molar-refractivity contribution in [3.05, 3.63) is 273 Å². The zero-order chi connectivity index (χ0) is 58.1. The van der Waals surface area contributed by atoms with Gasteiger partial charge in [-0.3, -0.25) is 0 Å². The first-order chi connectivity index (χ1) is 41.7. The van der Waals surface area contributed by atoms with E-state index in [-0.39, 0.29) is 16.7 Å². The van der Waals surface area contributed by atoms with Crippen LogP contribution in [0.1, 0.15) is 203 Å². The average molecular weight is 1120 g/mol. The topological polar surface area (TPSA) is 21.7 Å². The Bertz CT molecular complexity index is 4260. The van der Waals surface area contributed by atoms with Gasteiger partial charge in [-0.2, -0.15) is 0 Å². The van der Waals surface area contributed by atoms with Gasteiger partial charge in [-0.1, -0.05) is 226 Å². The molecule has 17 rings (SSSR count). The van der Waals surface area contributed by atoms with Crippen molar-refractivity contribution in [1.82, 2.24) is 0 Å². The zero-order valence-corrected chi connectivity index (χ0v) is 51.1. The van der Waals surface area contributed by atoms with E-state index >= 15 is 0 Å². The van der Waals surface area contributed by atoms with E-state index in [0.29, 0.717) is 11.8 Å². The summed E-state index contributed by atoms with van der Waals surface area (Å²) in [6.45, 7) is 16.4. The molecule has 0 saturated heterocycles. The maximum atomic E-state index is 7.33. The van der Waals surface area contributed by atoms with Crippen molar-refractivity contribution in [3.8, 4) is 50.6 Å². The number of rotatable bonds is 5. The molecule has 6 aliphatic carbocycles. The van der Waals surface area contributed by atoms with Crippen LogP contribution in [0, 0.1) is 0 Å². The van der Waals surface area contributed by atoms with Crippen molar-refractivity contribution in [2.45, 2.75) is 158 Å². The van der Waals surface area contributed by atoms with E-state index in [1.165, 1.54) is 170 Å². The molecule has 2 aliphatic heterocycles. The highest BCUT2D eigenvalue weighted by atomic mass is 16.5. The first-order valence-corrected chi connectivity index (χ1v) is 32.5. The van der Waals surface area contributed by atoms with Gasteiger partial charge in [0.05, 0.1) is 22.4 Å². The summed E-state index contributed by atoms with van der Waals surface area (Å²) in [5.74, 6) is 3.88. The summed E-state index contributed by atoms with van der Waals surface area (Å²) >= 11 is 0. The van der Waals surface area contributed by atoms with Gasteiger partial charge in [-0.05, 0) is 199 Å². The Morgan fingerprint density at radius 1 is 0.407 bits per heavy atom. The average Bonchev–Trinajstić information content (AvgIpc) is 1.49. The second-order valence-corrected chi connectivity index (χ2v) is 28.9. The molecule has 2 fully saturated rings. The third kappa shape index (κ3) is 7.33. The summed E-state index contributed by atoms with van der Waals surface area (Å²) in [4.78, 5) is 2.60. The molecule has 3 heteroatoms. The van der Waals surface area contributed by atoms with Gasteiger partial charge < -0.3 is 14.4 Å². The monoisotopic (exact) mass is 1120 g/mol. The van der Waals surface area contributed by atoms with Crippen LogP contribution in [-0.2, 0) is 21.7 Å². The molecule has 0 aromatic heterocycles. The maximum Gasteiger partial charge on any atom is 0.135 e. The Hall–Kier alpha value is -8.14. The largest absolute Gasteiger partial charge is 0.482 e. The second kappa shape index (κ2) is 18.7. The number of para-hydroxylation sites is 1. The smallest absolute Gasteiger partial charge is 0.135 e. The molecule has 2 spiro atoms. The standard InChI is InChI=1S/C83H77NO2/c1-79(2,3)55-34-40-62-63-41-35-56(80(4,5)6)48-71(63)82(70(62)47-55)65-26-15-14-25-59(65)64-42-36-57(49-72(64)82)84(74-29-20-31-77-78(74)67-28-18-19-44-81(67,7)86-77)58-37-43-76-73(50-58)83(66-27-16-17-30-75(66)85-76)68-45-53(51-21-10-8-11-22-51)32-38-60(68)61-39-33-54(46-69(61)83)52-23-12-9-13-24-52/h14-20,25-52,67H,8-13,21-24H2,1-7H3. The highest BCUT2D eigenvalue weighted by Gasteiger charge is 2.55. The van der Waals surface area contributed by atoms with Crippen LogP contribution >= 0.6 is 0 Å². The molecule has 0 amide bonds. The highest BCUT2D eigenvalue weighted by Crippen LogP contribution is 2.67. The summed E-state index contributed by atoms with van der Waals surface area (Å²) in [6.07, 6.45) is 21.8. The number of allylic oxidation sites excluding steroid dienone is 2. The predicted octanol–water partition coefficient (Wildman–Crippen LogP) is 22.0. The fourth-order valence-electron chi connectivity index (χ4n) is 17.7. The molecule has 9 aromatic carbocycles. The lowest BCUT2D eigenvalue weighted by atomic mass is 9.65. The normalized spacial score (nSPS) is 20.4. The Morgan fingerprint density at radius 3 is 1.50 bits per heavy atom. The molecule has 86 heavy (non-hydrogen) atoms. The van der Waals surface area contributed by atoms with Crippen LogP contribution in [0.25, 0.3) is 33.4 Å². The molecule has 0 radical (unpaired) electrons. The van der Waals surface area contributed by atoms with Gasteiger partial charge in [-0.25, -0.2) is 0 Å². The van der Waals surface area contributed by atoms with Crippen molar-refractivity contribution in [3.63, 3.8) is 0 Å². The van der Waals surface area contributed by atoms with Crippen molar-refractivity contribution in [2.24, 2.45) is 0 Å². The molecule has 8 aliphatic rings. The summed E-state index contributed by atoms with van der Waals surface area (Å²) in [5.41, 5.74) is 26.8. The van der Waals surface area contributed by atoms with E-state index in [2.05, 4.69) is 254 Å². The molecule has 0 bridgehead atoms. The number of ether oxygens (including phenoxy) is 2. The van der Waals surface area contributed by atoms with Gasteiger partial charge in [0.25, 0.3) is 0 Å². The Kier molecular flexibility index (Phi) is 11.3. The second-order valence-electron chi connectivity index (χ2n) is 28.9. The van der Waals surface area contributed by atoms with E-state index in [4.69, 9.17) is 9.47 Å². The molecule has 2 unspecified atom stereocenters. The molecule has 2 atom stereocenters. The molecular formula is C83H77NO2. The predicted molar refractivity (Wildman–Crippen MR) is 354 cm³/mol. The Balaban J connectivity index is 0.951. The van der Waals surface area contributed by atoms with Gasteiger partial charge in [-0.15, -0.1) is 0 Å². The van der Waals surface area contributed by atoms with E-state index in [1.54, 1.807) is 0 Å². The Morgan fingerprint density at radius 2 is 0.884 bits per heavy atom. The van der Waals surface area contributed by atoms with Crippen molar-refractivity contribution >= 4 is 17.1 Å². The van der Waals surface area contributed by atoms with E-state index < -0.39 is 16.4 Å². The molecule has 2 heterocycles. The van der Waals surface area contributed by atoms with Crippen LogP contribution in [0.3, 0.4) is 0 Å². The maximum absolute atomic E-state index is 7.33. The van der Waals surface area contributed by atoms with Crippen LogP contribution in [0.5, 0.6) is 17.2 Å². The molecule has 2 saturated carbocycles. The quantitative estimate of drug-likeness (QED) is 0.171. The lowest BCUT2D eigenvalue weighted by Gasteiger charge is -2.41. The lowest BCUT2D eigenvalue weighted by Crippen LogP contribution is -2.33. The minimum Gasteiger partial charge on any atom is -0.482 e. The molecular weight excluding hydrogens is 1040 g/mol. The fourth-order valence-corrected chi connectivity index (χ4v) is 17.7. The fraction of sp³-hybridized carbons (Fsp3) is 0.301. The highest BCUT2D eigenvalue weighted by molar-refractivity contribution is 5.98. The minimum absolute atomic E-state index is 0.00405. The number of hydrogen-bond donors (Lipinski definition) is 0. The third-order valence-electron chi connectivity index (χ3n) is 22.0. The summed E-state index contributed by atoms with van der Waals surface area (Å²) in [7, 11) is 0. The van der Waals surface area contributed by atoms with E-state index in [9.17, 15) is 0 Å². The van der Waals surface area contributed by atoms with Crippen LogP contribution in [0.2, 0.25) is 0 Å². The van der Waals surface area contributed by atoms with Gasteiger partial charge in [0.2, 0.25) is 0 Å². The van der Waals surface area contributed by atoms with Crippen molar-refractivity contribution in [1.29, 1.82) is 0 Å². The number of nitrogens with zero attached hydrogens (tertiary/aromatic N) is 1. The van der Waals surface area contributed by atoms with Crippen molar-refractivity contribution in [2.75, 3.05) is 4.90 Å². The molecule has 9 aromatic rings. The van der Waals surface area contributed by atoms with Gasteiger partial charge in [0.15, 0.2) is 0 Å². The summed E-state index contributed by atoms with van der Waals surface area (Å²) < 4.78 is 14.5. The summed E-state index contributed by atoms with van der Waals surface area (Å²) in [6, 6.07) is 69.9. The minimum atomic E-state index is -0.653.